The topological polar surface area (TPSA) is 32.5 Å². The third-order valence-corrected chi connectivity index (χ3v) is 4.02. The smallest absolute Gasteiger partial charge is 0.123 e. The third-order valence-electron chi connectivity index (χ3n) is 4.02. The standard InChI is InChI=1S/C15H24FN3/c1-18(2)14-6-8-19(9-7-14)11-15(17)12-4-3-5-13(16)10-12/h3-5,10,14-15H,6-9,11,17H2,1-2H3. The molecular formula is C15H24FN3. The Morgan fingerprint density at radius 1 is 1.37 bits per heavy atom. The molecule has 1 aliphatic rings. The Labute approximate surface area is 115 Å². The van der Waals surface area contributed by atoms with E-state index in [1.807, 2.05) is 6.07 Å². The van der Waals surface area contributed by atoms with E-state index in [1.165, 1.54) is 25.0 Å². The summed E-state index contributed by atoms with van der Waals surface area (Å²) in [5.41, 5.74) is 7.05. The molecular weight excluding hydrogens is 241 g/mol. The molecule has 1 aromatic carbocycles. The molecule has 0 spiro atoms. The summed E-state index contributed by atoms with van der Waals surface area (Å²) in [4.78, 5) is 4.68. The van der Waals surface area contributed by atoms with E-state index in [9.17, 15) is 4.39 Å². The third kappa shape index (κ3) is 4.00. The number of hydrogen-bond acceptors (Lipinski definition) is 3. The SMILES string of the molecule is CN(C)C1CCN(CC(N)c2cccc(F)c2)CC1. The van der Waals surface area contributed by atoms with E-state index in [4.69, 9.17) is 5.73 Å². The van der Waals surface area contributed by atoms with Crippen molar-refractivity contribution in [2.75, 3.05) is 33.7 Å². The number of nitrogens with zero attached hydrogens (tertiary/aromatic N) is 2. The van der Waals surface area contributed by atoms with Crippen LogP contribution in [0, 0.1) is 5.82 Å². The van der Waals surface area contributed by atoms with E-state index in [1.54, 1.807) is 6.07 Å². The minimum atomic E-state index is -0.209. The normalized spacial score (nSPS) is 19.8. The zero-order chi connectivity index (χ0) is 13.8. The van der Waals surface area contributed by atoms with Crippen LogP contribution in [0.4, 0.5) is 4.39 Å². The van der Waals surface area contributed by atoms with Crippen molar-refractivity contribution in [2.45, 2.75) is 24.9 Å². The maximum absolute atomic E-state index is 13.2. The average molecular weight is 265 g/mol. The van der Waals surface area contributed by atoms with Crippen molar-refractivity contribution in [3.05, 3.63) is 35.6 Å². The average Bonchev–Trinajstić information content (AvgIpc) is 2.39. The first-order valence-electron chi connectivity index (χ1n) is 6.96. The summed E-state index contributed by atoms with van der Waals surface area (Å²) in [6.07, 6.45) is 2.37. The highest BCUT2D eigenvalue weighted by molar-refractivity contribution is 5.20. The second-order valence-corrected chi connectivity index (χ2v) is 5.66. The second kappa shape index (κ2) is 6.46. The fraction of sp³-hybridized carbons (Fsp3) is 0.600. The number of halogens is 1. The molecule has 1 saturated heterocycles. The molecule has 19 heavy (non-hydrogen) atoms. The summed E-state index contributed by atoms with van der Waals surface area (Å²) in [5.74, 6) is -0.209. The Kier molecular flexibility index (Phi) is 4.91. The number of nitrogens with two attached hydrogens (primary N) is 1. The summed E-state index contributed by atoms with van der Waals surface area (Å²) in [6.45, 7) is 2.96. The number of piperidine rings is 1. The molecule has 0 amide bonds. The van der Waals surface area contributed by atoms with Gasteiger partial charge in [0.05, 0.1) is 0 Å². The van der Waals surface area contributed by atoms with Gasteiger partial charge in [-0.2, -0.15) is 0 Å². The second-order valence-electron chi connectivity index (χ2n) is 5.66. The minimum absolute atomic E-state index is 0.105. The molecule has 0 bridgehead atoms. The summed E-state index contributed by atoms with van der Waals surface area (Å²) in [5, 5.41) is 0. The number of likely N-dealkylation sites (tertiary alicyclic amines) is 1. The molecule has 1 fully saturated rings. The monoisotopic (exact) mass is 265 g/mol. The summed E-state index contributed by atoms with van der Waals surface area (Å²) in [7, 11) is 4.28. The lowest BCUT2D eigenvalue weighted by Gasteiger charge is -2.36. The molecule has 1 aromatic rings. The Morgan fingerprint density at radius 3 is 2.63 bits per heavy atom. The lowest BCUT2D eigenvalue weighted by atomic mass is 10.0. The van der Waals surface area contributed by atoms with Gasteiger partial charge >= 0.3 is 0 Å². The zero-order valence-electron chi connectivity index (χ0n) is 11.8. The number of benzene rings is 1. The molecule has 0 aromatic heterocycles. The van der Waals surface area contributed by atoms with E-state index in [0.29, 0.717) is 6.04 Å². The zero-order valence-corrected chi connectivity index (χ0v) is 11.8. The van der Waals surface area contributed by atoms with Crippen LogP contribution in [0.5, 0.6) is 0 Å². The van der Waals surface area contributed by atoms with Crippen molar-refractivity contribution in [3.63, 3.8) is 0 Å². The minimum Gasteiger partial charge on any atom is -0.323 e. The highest BCUT2D eigenvalue weighted by atomic mass is 19.1. The molecule has 1 aliphatic heterocycles. The van der Waals surface area contributed by atoms with Gasteiger partial charge in [0.25, 0.3) is 0 Å². The van der Waals surface area contributed by atoms with Crippen molar-refractivity contribution in [3.8, 4) is 0 Å². The first-order valence-corrected chi connectivity index (χ1v) is 6.96. The van der Waals surface area contributed by atoms with Crippen LogP contribution in [-0.4, -0.2) is 49.6 Å². The van der Waals surface area contributed by atoms with Crippen LogP contribution >= 0.6 is 0 Å². The van der Waals surface area contributed by atoms with Crippen LogP contribution in [0.25, 0.3) is 0 Å². The van der Waals surface area contributed by atoms with Gasteiger partial charge in [-0.3, -0.25) is 0 Å². The van der Waals surface area contributed by atoms with Gasteiger partial charge in [-0.05, 0) is 57.7 Å². The van der Waals surface area contributed by atoms with Crippen LogP contribution in [0.1, 0.15) is 24.4 Å². The van der Waals surface area contributed by atoms with Crippen LogP contribution in [0.3, 0.4) is 0 Å². The lowest BCUT2D eigenvalue weighted by molar-refractivity contribution is 0.139. The van der Waals surface area contributed by atoms with Gasteiger partial charge < -0.3 is 15.5 Å². The highest BCUT2D eigenvalue weighted by Crippen LogP contribution is 2.18. The van der Waals surface area contributed by atoms with Gasteiger partial charge in [-0.15, -0.1) is 0 Å². The molecule has 3 nitrogen and oxygen atoms in total. The van der Waals surface area contributed by atoms with E-state index in [0.717, 1.165) is 25.2 Å². The number of rotatable bonds is 4. The molecule has 4 heteroatoms. The van der Waals surface area contributed by atoms with Gasteiger partial charge in [0.15, 0.2) is 0 Å². The first kappa shape index (κ1) is 14.4. The molecule has 2 N–H and O–H groups in total. The molecule has 2 rings (SSSR count). The first-order chi connectivity index (χ1) is 9.06. The molecule has 106 valence electrons. The maximum atomic E-state index is 13.2. The Morgan fingerprint density at radius 2 is 2.05 bits per heavy atom. The summed E-state index contributed by atoms with van der Waals surface area (Å²) >= 11 is 0. The van der Waals surface area contributed by atoms with Gasteiger partial charge in [-0.1, -0.05) is 12.1 Å². The molecule has 1 unspecified atom stereocenters. The molecule has 0 aliphatic carbocycles. The predicted octanol–water partition coefficient (Wildman–Crippen LogP) is 1.85. The van der Waals surface area contributed by atoms with E-state index in [-0.39, 0.29) is 11.9 Å². The highest BCUT2D eigenvalue weighted by Gasteiger charge is 2.22. The predicted molar refractivity (Wildman–Crippen MR) is 76.5 cm³/mol. The largest absolute Gasteiger partial charge is 0.323 e. The Hall–Kier alpha value is -0.970. The van der Waals surface area contributed by atoms with Crippen LogP contribution in [-0.2, 0) is 0 Å². The Balaban J connectivity index is 1.85. The van der Waals surface area contributed by atoms with Crippen molar-refractivity contribution in [1.82, 2.24) is 9.80 Å². The fourth-order valence-electron chi connectivity index (χ4n) is 2.74. The molecule has 1 heterocycles. The van der Waals surface area contributed by atoms with E-state index < -0.39 is 0 Å². The molecule has 1 atom stereocenters. The molecule has 0 radical (unpaired) electrons. The van der Waals surface area contributed by atoms with Gasteiger partial charge in [0, 0.05) is 18.6 Å². The maximum Gasteiger partial charge on any atom is 0.123 e. The van der Waals surface area contributed by atoms with Gasteiger partial charge in [0.1, 0.15) is 5.82 Å². The van der Waals surface area contributed by atoms with Crippen molar-refractivity contribution >= 4 is 0 Å². The van der Waals surface area contributed by atoms with Crippen molar-refractivity contribution < 1.29 is 4.39 Å². The lowest BCUT2D eigenvalue weighted by Crippen LogP contribution is -2.44. The van der Waals surface area contributed by atoms with Crippen molar-refractivity contribution in [1.29, 1.82) is 0 Å². The van der Waals surface area contributed by atoms with Gasteiger partial charge in [-0.25, -0.2) is 4.39 Å². The molecule has 0 saturated carbocycles. The van der Waals surface area contributed by atoms with Crippen molar-refractivity contribution in [2.24, 2.45) is 5.73 Å². The Bertz CT molecular complexity index is 400. The van der Waals surface area contributed by atoms with Crippen LogP contribution in [0.15, 0.2) is 24.3 Å². The van der Waals surface area contributed by atoms with E-state index in [2.05, 4.69) is 23.9 Å². The summed E-state index contributed by atoms with van der Waals surface area (Å²) in [6, 6.07) is 7.20. The number of hydrogen-bond donors (Lipinski definition) is 1. The van der Waals surface area contributed by atoms with Crippen LogP contribution in [0.2, 0.25) is 0 Å². The van der Waals surface area contributed by atoms with Crippen LogP contribution < -0.4 is 5.73 Å². The van der Waals surface area contributed by atoms with Gasteiger partial charge in [0.2, 0.25) is 0 Å². The fourth-order valence-corrected chi connectivity index (χ4v) is 2.74. The quantitative estimate of drug-likeness (QED) is 0.902. The van der Waals surface area contributed by atoms with E-state index >= 15 is 0 Å². The summed E-state index contributed by atoms with van der Waals surface area (Å²) < 4.78 is 13.2.